The molecule has 0 amide bonds. The third kappa shape index (κ3) is 3.17. The predicted molar refractivity (Wildman–Crippen MR) is 90.4 cm³/mol. The molecule has 0 aliphatic heterocycles. The van der Waals surface area contributed by atoms with Crippen LogP contribution in [0.4, 0.5) is 0 Å². The van der Waals surface area contributed by atoms with Crippen LogP contribution in [0.1, 0.15) is 30.9 Å². The highest BCUT2D eigenvalue weighted by Gasteiger charge is 2.39. The number of rotatable bonds is 5. The van der Waals surface area contributed by atoms with Gasteiger partial charge in [0.2, 0.25) is 0 Å². The molecule has 0 saturated carbocycles. The molecule has 0 spiro atoms. The smallest absolute Gasteiger partial charge is 0.310 e. The minimum Gasteiger partial charge on any atom is -0.496 e. The minimum atomic E-state index is -0.935. The van der Waals surface area contributed by atoms with Gasteiger partial charge >= 0.3 is 5.97 Å². The molecule has 4 heteroatoms. The number of halogens is 1. The van der Waals surface area contributed by atoms with Gasteiger partial charge in [-0.2, -0.15) is 0 Å². The summed E-state index contributed by atoms with van der Waals surface area (Å²) in [5, 5.41) is 9.67. The third-order valence-corrected chi connectivity index (χ3v) is 4.53. The molecule has 0 heterocycles. The Morgan fingerprint density at radius 2 is 1.77 bits per heavy atom. The van der Waals surface area contributed by atoms with E-state index >= 15 is 0 Å². The van der Waals surface area contributed by atoms with Crippen molar-refractivity contribution in [3.8, 4) is 5.75 Å². The molecule has 22 heavy (non-hydrogen) atoms. The zero-order valence-electron chi connectivity index (χ0n) is 12.8. The Morgan fingerprint density at radius 3 is 2.27 bits per heavy atom. The van der Waals surface area contributed by atoms with Crippen molar-refractivity contribution < 1.29 is 14.6 Å². The number of carboxylic acids is 1. The first-order chi connectivity index (χ1) is 10.4. The number of carboxylic acid groups (broad SMARTS) is 1. The van der Waals surface area contributed by atoms with Gasteiger partial charge in [0.05, 0.1) is 17.0 Å². The van der Waals surface area contributed by atoms with Gasteiger partial charge in [-0.1, -0.05) is 36.4 Å². The molecule has 2 rings (SSSR count). The maximum atomic E-state index is 11.8. The number of benzene rings is 2. The summed E-state index contributed by atoms with van der Waals surface area (Å²) in [6, 6.07) is 15.4. The quantitative estimate of drug-likeness (QED) is 0.838. The van der Waals surface area contributed by atoms with E-state index in [1.807, 2.05) is 48.5 Å². The average molecular weight is 363 g/mol. The number of hydrogen-bond donors (Lipinski definition) is 1. The predicted octanol–water partition coefficient (Wildman–Crippen LogP) is 4.70. The van der Waals surface area contributed by atoms with E-state index in [0.717, 1.165) is 21.3 Å². The van der Waals surface area contributed by atoms with Gasteiger partial charge in [0.15, 0.2) is 0 Å². The molecule has 1 unspecified atom stereocenters. The number of ether oxygens (including phenoxy) is 1. The molecular weight excluding hydrogens is 344 g/mol. The fourth-order valence-corrected chi connectivity index (χ4v) is 3.22. The first-order valence-electron chi connectivity index (χ1n) is 6.99. The molecule has 0 aliphatic carbocycles. The van der Waals surface area contributed by atoms with Crippen molar-refractivity contribution >= 4 is 21.9 Å². The number of methoxy groups -OCH3 is 1. The number of aliphatic carboxylic acids is 1. The molecule has 0 fully saturated rings. The fraction of sp³-hybridized carbons (Fsp3) is 0.278. The van der Waals surface area contributed by atoms with Crippen LogP contribution in [0.2, 0.25) is 0 Å². The van der Waals surface area contributed by atoms with Crippen molar-refractivity contribution in [2.45, 2.75) is 19.8 Å². The lowest BCUT2D eigenvalue weighted by atomic mass is 9.71. The Kier molecular flexibility index (Phi) is 4.91. The highest BCUT2D eigenvalue weighted by Crippen LogP contribution is 2.42. The Hall–Kier alpha value is -1.81. The number of carbonyl (C=O) groups is 1. The van der Waals surface area contributed by atoms with E-state index in [2.05, 4.69) is 15.9 Å². The Labute approximate surface area is 139 Å². The van der Waals surface area contributed by atoms with Gasteiger partial charge in [-0.25, -0.2) is 0 Å². The molecule has 2 aromatic carbocycles. The van der Waals surface area contributed by atoms with E-state index in [0.29, 0.717) is 0 Å². The Bertz CT molecular complexity index is 665. The highest BCUT2D eigenvalue weighted by atomic mass is 79.9. The summed E-state index contributed by atoms with van der Waals surface area (Å²) >= 11 is 3.48. The van der Waals surface area contributed by atoms with Gasteiger partial charge in [0.25, 0.3) is 0 Å². The Balaban J connectivity index is 2.59. The molecule has 2 aromatic rings. The summed E-state index contributed by atoms with van der Waals surface area (Å²) in [5.41, 5.74) is 0.980. The molecule has 1 atom stereocenters. The van der Waals surface area contributed by atoms with Gasteiger partial charge in [0.1, 0.15) is 5.75 Å². The molecule has 3 nitrogen and oxygen atoms in total. The first-order valence-corrected chi connectivity index (χ1v) is 7.79. The largest absolute Gasteiger partial charge is 0.496 e. The van der Waals surface area contributed by atoms with Crippen molar-refractivity contribution in [3.05, 3.63) is 64.1 Å². The molecular formula is C18H19BrO3. The van der Waals surface area contributed by atoms with Crippen molar-refractivity contribution in [1.82, 2.24) is 0 Å². The summed E-state index contributed by atoms with van der Waals surface area (Å²) < 4.78 is 6.07. The zero-order valence-corrected chi connectivity index (χ0v) is 14.4. The molecule has 0 saturated heterocycles. The van der Waals surface area contributed by atoms with E-state index in [9.17, 15) is 9.90 Å². The van der Waals surface area contributed by atoms with E-state index in [4.69, 9.17) is 4.74 Å². The topological polar surface area (TPSA) is 46.5 Å². The van der Waals surface area contributed by atoms with Crippen LogP contribution in [0.15, 0.2) is 53.0 Å². The van der Waals surface area contributed by atoms with Crippen LogP contribution in [-0.2, 0) is 4.79 Å². The lowest BCUT2D eigenvalue weighted by Gasteiger charge is -2.31. The first kappa shape index (κ1) is 16.6. The molecule has 1 N–H and O–H groups in total. The summed E-state index contributed by atoms with van der Waals surface area (Å²) in [7, 11) is 1.61. The summed E-state index contributed by atoms with van der Waals surface area (Å²) in [6.45, 7) is 3.51. The Morgan fingerprint density at radius 1 is 1.14 bits per heavy atom. The van der Waals surface area contributed by atoms with Crippen molar-refractivity contribution in [2.24, 2.45) is 5.41 Å². The van der Waals surface area contributed by atoms with Crippen LogP contribution in [0.5, 0.6) is 5.75 Å². The molecule has 0 radical (unpaired) electrons. The molecule has 0 aliphatic rings. The lowest BCUT2D eigenvalue weighted by Crippen LogP contribution is -2.32. The minimum absolute atomic E-state index is 0.256. The van der Waals surface area contributed by atoms with Gasteiger partial charge in [0, 0.05) is 5.92 Å². The lowest BCUT2D eigenvalue weighted by molar-refractivity contribution is -0.147. The van der Waals surface area contributed by atoms with Crippen LogP contribution in [0.25, 0.3) is 0 Å². The highest BCUT2D eigenvalue weighted by molar-refractivity contribution is 9.10. The van der Waals surface area contributed by atoms with Crippen molar-refractivity contribution in [3.63, 3.8) is 0 Å². The summed E-state index contributed by atoms with van der Waals surface area (Å²) in [5.74, 6) is -0.356. The maximum absolute atomic E-state index is 11.8. The van der Waals surface area contributed by atoms with Gasteiger partial charge in [-0.05, 0) is 53.0 Å². The SMILES string of the molecule is COc1ccc(C(c2ccccc2)C(C)(C)C(=O)O)cc1Br. The molecule has 116 valence electrons. The zero-order chi connectivity index (χ0) is 16.3. The second-order valence-corrected chi connectivity index (χ2v) is 6.62. The van der Waals surface area contributed by atoms with Crippen molar-refractivity contribution in [2.75, 3.05) is 7.11 Å². The second kappa shape index (κ2) is 6.53. The maximum Gasteiger partial charge on any atom is 0.310 e. The van der Waals surface area contributed by atoms with Crippen LogP contribution < -0.4 is 4.74 Å². The summed E-state index contributed by atoms with van der Waals surface area (Å²) in [6.07, 6.45) is 0. The van der Waals surface area contributed by atoms with Crippen LogP contribution in [0.3, 0.4) is 0 Å². The normalized spacial score (nSPS) is 12.7. The van der Waals surface area contributed by atoms with Crippen LogP contribution >= 0.6 is 15.9 Å². The summed E-state index contributed by atoms with van der Waals surface area (Å²) in [4.78, 5) is 11.8. The van der Waals surface area contributed by atoms with E-state index in [1.54, 1.807) is 21.0 Å². The molecule has 0 aromatic heterocycles. The third-order valence-electron chi connectivity index (χ3n) is 3.91. The van der Waals surface area contributed by atoms with Crippen LogP contribution in [-0.4, -0.2) is 18.2 Å². The van der Waals surface area contributed by atoms with Gasteiger partial charge in [-0.3, -0.25) is 4.79 Å². The second-order valence-electron chi connectivity index (χ2n) is 5.76. The van der Waals surface area contributed by atoms with Gasteiger partial charge < -0.3 is 9.84 Å². The fourth-order valence-electron chi connectivity index (χ4n) is 2.66. The van der Waals surface area contributed by atoms with E-state index in [-0.39, 0.29) is 5.92 Å². The average Bonchev–Trinajstić information content (AvgIpc) is 2.48. The number of hydrogen-bond acceptors (Lipinski definition) is 2. The van der Waals surface area contributed by atoms with Crippen molar-refractivity contribution in [1.29, 1.82) is 0 Å². The van der Waals surface area contributed by atoms with Gasteiger partial charge in [-0.15, -0.1) is 0 Å². The van der Waals surface area contributed by atoms with E-state index < -0.39 is 11.4 Å². The standard InChI is InChI=1S/C18H19BrO3/c1-18(2,17(20)21)16(12-7-5-4-6-8-12)13-9-10-15(22-3)14(19)11-13/h4-11,16H,1-3H3,(H,20,21). The van der Waals surface area contributed by atoms with Crippen LogP contribution in [0, 0.1) is 5.41 Å². The molecule has 0 bridgehead atoms. The van der Waals surface area contributed by atoms with E-state index in [1.165, 1.54) is 0 Å². The monoisotopic (exact) mass is 362 g/mol.